The van der Waals surface area contributed by atoms with Crippen LogP contribution in [0.25, 0.3) is 11.3 Å². The quantitative estimate of drug-likeness (QED) is 0.694. The molecule has 1 aromatic carbocycles. The molecular weight excluding hydrogens is 276 g/mol. The van der Waals surface area contributed by atoms with E-state index in [0.717, 1.165) is 16.8 Å². The fraction of sp³-hybridized carbons (Fsp3) is 0.143. The number of benzene rings is 1. The normalized spacial score (nSPS) is 9.85. The van der Waals surface area contributed by atoms with E-state index in [1.54, 1.807) is 30.5 Å². The third-order valence-corrected chi connectivity index (χ3v) is 2.87. The number of nitrogens with zero attached hydrogens (tertiary/aromatic N) is 3. The topological polar surface area (TPSA) is 78.7 Å². The minimum absolute atomic E-state index is 0.0127. The number of halogens is 1. The summed E-state index contributed by atoms with van der Waals surface area (Å²) in [6.45, 7) is 1.88. The van der Waals surface area contributed by atoms with Crippen molar-refractivity contribution in [1.82, 2.24) is 15.3 Å². The lowest BCUT2D eigenvalue weighted by Crippen LogP contribution is -2.23. The lowest BCUT2D eigenvalue weighted by molar-refractivity contribution is 0.0958. The average molecular weight is 287 g/mol. The van der Waals surface area contributed by atoms with E-state index >= 15 is 0 Å². The Kier molecular flexibility index (Phi) is 4.28. The fourth-order valence-corrected chi connectivity index (χ4v) is 1.85. The molecule has 1 N–H and O–H groups in total. The number of hydrogen-bond donors (Lipinski definition) is 1. The van der Waals surface area contributed by atoms with Crippen LogP contribution in [0.3, 0.4) is 0 Å². The Hall–Kier alpha value is -2.45. The Bertz CT molecular complexity index is 677. The predicted molar refractivity (Wildman–Crippen MR) is 75.2 cm³/mol. The van der Waals surface area contributed by atoms with Gasteiger partial charge in [0, 0.05) is 17.3 Å². The van der Waals surface area contributed by atoms with Gasteiger partial charge >= 0.3 is 0 Å². The van der Waals surface area contributed by atoms with Crippen LogP contribution in [-0.4, -0.2) is 22.4 Å². The molecule has 0 saturated heterocycles. The fourth-order valence-electron chi connectivity index (χ4n) is 1.71. The van der Waals surface area contributed by atoms with Gasteiger partial charge in [0.1, 0.15) is 6.54 Å². The first-order valence-corrected chi connectivity index (χ1v) is 6.24. The summed E-state index contributed by atoms with van der Waals surface area (Å²) in [6.07, 6.45) is 1.65. The van der Waals surface area contributed by atoms with Gasteiger partial charge in [0.05, 0.1) is 11.8 Å². The molecule has 0 fully saturated rings. The SMILES string of the molecule is Cc1cnc(Cl)nc1-c1ccc(C(=O)NCC#N)cc1. The summed E-state index contributed by atoms with van der Waals surface area (Å²) in [5, 5.41) is 11.1. The monoisotopic (exact) mass is 286 g/mol. The molecule has 20 heavy (non-hydrogen) atoms. The second-order valence-corrected chi connectivity index (χ2v) is 4.43. The summed E-state index contributed by atoms with van der Waals surface area (Å²) in [5.74, 6) is -0.282. The highest BCUT2D eigenvalue weighted by molar-refractivity contribution is 6.28. The van der Waals surface area contributed by atoms with Crippen molar-refractivity contribution in [3.05, 3.63) is 46.9 Å². The largest absolute Gasteiger partial charge is 0.339 e. The Balaban J connectivity index is 2.26. The Morgan fingerprint density at radius 3 is 2.75 bits per heavy atom. The number of rotatable bonds is 3. The smallest absolute Gasteiger partial charge is 0.252 e. The van der Waals surface area contributed by atoms with Crippen LogP contribution in [0.4, 0.5) is 0 Å². The molecule has 0 aliphatic carbocycles. The summed E-state index contributed by atoms with van der Waals surface area (Å²) in [5.41, 5.74) is 2.97. The molecule has 6 heteroatoms. The van der Waals surface area contributed by atoms with Crippen LogP contribution in [0, 0.1) is 18.3 Å². The molecule has 100 valence electrons. The lowest BCUT2D eigenvalue weighted by Gasteiger charge is -2.06. The maximum Gasteiger partial charge on any atom is 0.252 e. The zero-order valence-electron chi connectivity index (χ0n) is 10.7. The van der Waals surface area contributed by atoms with E-state index in [0.29, 0.717) is 5.56 Å². The molecular formula is C14H11ClN4O. The number of amides is 1. The van der Waals surface area contributed by atoms with Gasteiger partial charge in [-0.2, -0.15) is 5.26 Å². The van der Waals surface area contributed by atoms with E-state index in [4.69, 9.17) is 16.9 Å². The van der Waals surface area contributed by atoms with Crippen LogP contribution >= 0.6 is 11.6 Å². The van der Waals surface area contributed by atoms with Crippen molar-refractivity contribution >= 4 is 17.5 Å². The first-order chi connectivity index (χ1) is 9.61. The van der Waals surface area contributed by atoms with E-state index < -0.39 is 0 Å². The van der Waals surface area contributed by atoms with Crippen LogP contribution in [-0.2, 0) is 0 Å². The van der Waals surface area contributed by atoms with Crippen LogP contribution in [0.1, 0.15) is 15.9 Å². The molecule has 2 aromatic rings. The minimum atomic E-state index is -0.282. The van der Waals surface area contributed by atoms with Gasteiger partial charge < -0.3 is 5.32 Å². The highest BCUT2D eigenvalue weighted by atomic mass is 35.5. The van der Waals surface area contributed by atoms with Gasteiger partial charge in [-0.15, -0.1) is 0 Å². The van der Waals surface area contributed by atoms with E-state index in [-0.39, 0.29) is 17.7 Å². The van der Waals surface area contributed by atoms with Crippen LogP contribution in [0.2, 0.25) is 5.28 Å². The number of aromatic nitrogens is 2. The van der Waals surface area contributed by atoms with E-state index in [2.05, 4.69) is 15.3 Å². The van der Waals surface area contributed by atoms with Gasteiger partial charge in [-0.3, -0.25) is 4.79 Å². The molecule has 0 atom stereocenters. The van der Waals surface area contributed by atoms with Crippen LogP contribution in [0.5, 0.6) is 0 Å². The highest BCUT2D eigenvalue weighted by Gasteiger charge is 2.08. The van der Waals surface area contributed by atoms with Gasteiger partial charge in [-0.1, -0.05) is 12.1 Å². The second-order valence-electron chi connectivity index (χ2n) is 4.09. The van der Waals surface area contributed by atoms with Crippen LogP contribution in [0.15, 0.2) is 30.5 Å². The standard InChI is InChI=1S/C14H11ClN4O/c1-9-8-18-14(15)19-12(9)10-2-4-11(5-3-10)13(20)17-7-6-16/h2-5,8H,7H2,1H3,(H,17,20). The summed E-state index contributed by atoms with van der Waals surface area (Å²) >= 11 is 5.79. The Morgan fingerprint density at radius 1 is 1.40 bits per heavy atom. The molecule has 2 rings (SSSR count). The Morgan fingerprint density at radius 2 is 2.10 bits per heavy atom. The van der Waals surface area contributed by atoms with Gasteiger partial charge in [0.25, 0.3) is 5.91 Å². The third kappa shape index (κ3) is 3.11. The van der Waals surface area contributed by atoms with Crippen molar-refractivity contribution in [3.63, 3.8) is 0 Å². The zero-order valence-corrected chi connectivity index (χ0v) is 11.5. The molecule has 0 aliphatic rings. The number of carbonyl (C=O) groups excluding carboxylic acids is 1. The molecule has 1 aromatic heterocycles. The van der Waals surface area contributed by atoms with Crippen molar-refractivity contribution in [2.45, 2.75) is 6.92 Å². The molecule has 1 heterocycles. The van der Waals surface area contributed by atoms with Gasteiger partial charge in [0.15, 0.2) is 0 Å². The van der Waals surface area contributed by atoms with E-state index in [9.17, 15) is 4.79 Å². The maximum absolute atomic E-state index is 11.7. The lowest BCUT2D eigenvalue weighted by atomic mass is 10.1. The molecule has 0 spiro atoms. The van der Waals surface area contributed by atoms with Crippen LogP contribution < -0.4 is 5.32 Å². The summed E-state index contributed by atoms with van der Waals surface area (Å²) in [6, 6.07) is 8.78. The number of aryl methyl sites for hydroxylation is 1. The summed E-state index contributed by atoms with van der Waals surface area (Å²) in [7, 11) is 0. The molecule has 0 radical (unpaired) electrons. The van der Waals surface area contributed by atoms with Gasteiger partial charge in [-0.25, -0.2) is 9.97 Å². The summed E-state index contributed by atoms with van der Waals surface area (Å²) in [4.78, 5) is 19.7. The van der Waals surface area contributed by atoms with E-state index in [1.165, 1.54) is 0 Å². The molecule has 0 saturated carbocycles. The second kappa shape index (κ2) is 6.13. The van der Waals surface area contributed by atoms with Crippen molar-refractivity contribution < 1.29 is 4.79 Å². The Labute approximate surface area is 121 Å². The maximum atomic E-state index is 11.7. The molecule has 1 amide bonds. The van der Waals surface area contributed by atoms with Crippen molar-refractivity contribution in [1.29, 1.82) is 5.26 Å². The minimum Gasteiger partial charge on any atom is -0.339 e. The van der Waals surface area contributed by atoms with E-state index in [1.807, 2.05) is 13.0 Å². The average Bonchev–Trinajstić information content (AvgIpc) is 2.47. The van der Waals surface area contributed by atoms with Gasteiger partial charge in [-0.05, 0) is 36.2 Å². The van der Waals surface area contributed by atoms with Crippen molar-refractivity contribution in [3.8, 4) is 17.3 Å². The van der Waals surface area contributed by atoms with Crippen molar-refractivity contribution in [2.24, 2.45) is 0 Å². The number of hydrogen-bond acceptors (Lipinski definition) is 4. The molecule has 0 bridgehead atoms. The highest BCUT2D eigenvalue weighted by Crippen LogP contribution is 2.22. The first kappa shape index (κ1) is 14.0. The molecule has 0 unspecified atom stereocenters. The number of carbonyl (C=O) groups is 1. The number of nitrogens with one attached hydrogen (secondary N) is 1. The molecule has 5 nitrogen and oxygen atoms in total. The molecule has 0 aliphatic heterocycles. The summed E-state index contributed by atoms with van der Waals surface area (Å²) < 4.78 is 0. The van der Waals surface area contributed by atoms with Crippen molar-refractivity contribution in [2.75, 3.05) is 6.54 Å². The van der Waals surface area contributed by atoms with Gasteiger partial charge in [0.2, 0.25) is 5.28 Å². The zero-order chi connectivity index (χ0) is 14.5. The number of nitriles is 1. The predicted octanol–water partition coefficient (Wildman–Crippen LogP) is 2.36. The first-order valence-electron chi connectivity index (χ1n) is 5.86. The third-order valence-electron chi connectivity index (χ3n) is 2.69.